The van der Waals surface area contributed by atoms with E-state index < -0.39 is 5.97 Å². The maximum atomic E-state index is 9.84. The highest BCUT2D eigenvalue weighted by atomic mass is 16.5. The fourth-order valence-electron chi connectivity index (χ4n) is 0.0833. The van der Waals surface area contributed by atoms with Gasteiger partial charge in [-0.15, -0.1) is 0 Å². The monoisotopic (exact) mass is 132 g/mol. The van der Waals surface area contributed by atoms with E-state index in [-0.39, 0.29) is 6.47 Å². The van der Waals surface area contributed by atoms with E-state index in [0.717, 1.165) is 6.08 Å². The van der Waals surface area contributed by atoms with Crippen molar-refractivity contribution in [1.29, 1.82) is 0 Å². The molecule has 0 aliphatic heterocycles. The Balaban J connectivity index is 0. The first kappa shape index (κ1) is 10.6. The Morgan fingerprint density at radius 2 is 2.11 bits per heavy atom. The van der Waals surface area contributed by atoms with Crippen LogP contribution in [0, 0.1) is 0 Å². The molecule has 0 aromatic carbocycles. The average molecular weight is 132 g/mol. The minimum atomic E-state index is -0.394. The minimum Gasteiger partial charge on any atom is -0.483 e. The van der Waals surface area contributed by atoms with Crippen molar-refractivity contribution in [3.63, 3.8) is 0 Å². The lowest BCUT2D eigenvalue weighted by Crippen LogP contribution is -1.91. The van der Waals surface area contributed by atoms with Crippen molar-refractivity contribution in [3.8, 4) is 0 Å². The number of methoxy groups -OCH3 is 1. The van der Waals surface area contributed by atoms with Gasteiger partial charge in [0.2, 0.25) is 0 Å². The predicted molar refractivity (Wildman–Crippen MR) is 30.9 cm³/mol. The molecule has 1 N–H and O–H groups in total. The van der Waals surface area contributed by atoms with Gasteiger partial charge >= 0.3 is 5.97 Å². The van der Waals surface area contributed by atoms with Gasteiger partial charge in [0.15, 0.2) is 0 Å². The van der Waals surface area contributed by atoms with Gasteiger partial charge in [0.1, 0.15) is 0 Å². The molecule has 0 bridgehead atoms. The molecule has 0 rings (SSSR count). The van der Waals surface area contributed by atoms with Crippen molar-refractivity contribution in [2.45, 2.75) is 0 Å². The molecule has 0 atom stereocenters. The highest BCUT2D eigenvalue weighted by molar-refractivity contribution is 5.80. The van der Waals surface area contributed by atoms with Crippen LogP contribution >= 0.6 is 0 Å². The van der Waals surface area contributed by atoms with Crippen LogP contribution in [0.5, 0.6) is 0 Å². The zero-order chi connectivity index (χ0) is 7.70. The third-order valence-corrected chi connectivity index (χ3v) is 0.368. The van der Waals surface area contributed by atoms with Gasteiger partial charge in [-0.05, 0) is 0 Å². The molecule has 52 valence electrons. The number of esters is 1. The maximum absolute atomic E-state index is 9.84. The van der Waals surface area contributed by atoms with Gasteiger partial charge in [-0.2, -0.15) is 0 Å². The summed E-state index contributed by atoms with van der Waals surface area (Å²) in [6.45, 7) is 2.91. The van der Waals surface area contributed by atoms with Crippen LogP contribution in [-0.4, -0.2) is 24.7 Å². The van der Waals surface area contributed by atoms with Crippen molar-refractivity contribution in [1.82, 2.24) is 0 Å². The normalized spacial score (nSPS) is 5.89. The third kappa shape index (κ3) is 20.4. The number of carbonyl (C=O) groups is 2. The average Bonchev–Trinajstić information content (AvgIpc) is 1.88. The van der Waals surface area contributed by atoms with E-state index in [2.05, 4.69) is 11.3 Å². The molecule has 0 amide bonds. The van der Waals surface area contributed by atoms with Crippen LogP contribution in [0.3, 0.4) is 0 Å². The quantitative estimate of drug-likeness (QED) is 0.311. The molecule has 0 aliphatic carbocycles. The van der Waals surface area contributed by atoms with Gasteiger partial charge in [-0.25, -0.2) is 4.79 Å². The zero-order valence-electron chi connectivity index (χ0n) is 5.03. The van der Waals surface area contributed by atoms with Gasteiger partial charge < -0.3 is 9.84 Å². The Labute approximate surface area is 52.7 Å². The molecule has 0 unspecified atom stereocenters. The van der Waals surface area contributed by atoms with E-state index in [0.29, 0.717) is 0 Å². The lowest BCUT2D eigenvalue weighted by Gasteiger charge is -1.83. The molecule has 0 saturated carbocycles. The van der Waals surface area contributed by atoms with E-state index >= 15 is 0 Å². The topological polar surface area (TPSA) is 63.6 Å². The first-order valence-electron chi connectivity index (χ1n) is 2.01. The van der Waals surface area contributed by atoms with Gasteiger partial charge in [0.05, 0.1) is 7.11 Å². The number of ether oxygens (including phenoxy) is 1. The summed E-state index contributed by atoms with van der Waals surface area (Å²) in [6.07, 6.45) is 1.11. The zero-order valence-corrected chi connectivity index (χ0v) is 5.03. The molecule has 0 aromatic heterocycles. The lowest BCUT2D eigenvalue weighted by molar-refractivity contribution is -0.134. The van der Waals surface area contributed by atoms with Crippen LogP contribution in [0.4, 0.5) is 0 Å². The molecular weight excluding hydrogens is 124 g/mol. The SMILES string of the molecule is C=CC(=O)OC.O=CO. The molecule has 0 radical (unpaired) electrons. The van der Waals surface area contributed by atoms with Crippen molar-refractivity contribution in [3.05, 3.63) is 12.7 Å². The van der Waals surface area contributed by atoms with Crippen LogP contribution < -0.4 is 0 Å². The Bertz CT molecular complexity index is 97.1. The number of hydrogen-bond donors (Lipinski definition) is 1. The van der Waals surface area contributed by atoms with Crippen molar-refractivity contribution < 1.29 is 19.4 Å². The molecule has 0 heterocycles. The molecule has 0 aliphatic rings. The molecule has 9 heavy (non-hydrogen) atoms. The summed E-state index contributed by atoms with van der Waals surface area (Å²) in [5.74, 6) is -0.394. The van der Waals surface area contributed by atoms with Gasteiger partial charge in [-0.1, -0.05) is 6.58 Å². The summed E-state index contributed by atoms with van der Waals surface area (Å²) >= 11 is 0. The second-order valence-corrected chi connectivity index (χ2v) is 0.833. The molecule has 0 aromatic rings. The van der Waals surface area contributed by atoms with Crippen molar-refractivity contribution in [2.75, 3.05) is 7.11 Å². The molecule has 4 nitrogen and oxygen atoms in total. The number of carboxylic acid groups (broad SMARTS) is 1. The highest BCUT2D eigenvalue weighted by Gasteiger charge is 1.81. The second kappa shape index (κ2) is 9.84. The summed E-state index contributed by atoms with van der Waals surface area (Å²) in [6, 6.07) is 0. The maximum Gasteiger partial charge on any atom is 0.329 e. The Morgan fingerprint density at radius 3 is 2.11 bits per heavy atom. The van der Waals surface area contributed by atoms with Crippen molar-refractivity contribution >= 4 is 12.4 Å². The van der Waals surface area contributed by atoms with Gasteiger partial charge in [0, 0.05) is 6.08 Å². The summed E-state index contributed by atoms with van der Waals surface area (Å²) in [7, 11) is 1.31. The second-order valence-electron chi connectivity index (χ2n) is 0.833. The summed E-state index contributed by atoms with van der Waals surface area (Å²) in [5, 5.41) is 6.89. The Kier molecular flexibility index (Phi) is 11.6. The van der Waals surface area contributed by atoms with E-state index in [9.17, 15) is 4.79 Å². The first-order chi connectivity index (χ1) is 4.22. The Morgan fingerprint density at radius 1 is 1.78 bits per heavy atom. The number of hydrogen-bond acceptors (Lipinski definition) is 3. The van der Waals surface area contributed by atoms with Crippen LogP contribution in [0.2, 0.25) is 0 Å². The lowest BCUT2D eigenvalue weighted by atomic mass is 10.7. The molecule has 0 fully saturated rings. The fourth-order valence-corrected chi connectivity index (χ4v) is 0.0833. The smallest absolute Gasteiger partial charge is 0.329 e. The number of carbonyl (C=O) groups excluding carboxylic acids is 1. The van der Waals surface area contributed by atoms with E-state index in [4.69, 9.17) is 9.90 Å². The standard InChI is InChI=1S/C4H6O2.CH2O2/c1-3-4(5)6-2;2-1-3/h3H,1H2,2H3;1H,(H,2,3). The van der Waals surface area contributed by atoms with Crippen molar-refractivity contribution in [2.24, 2.45) is 0 Å². The van der Waals surface area contributed by atoms with Crippen LogP contribution in [0.15, 0.2) is 12.7 Å². The third-order valence-electron chi connectivity index (χ3n) is 0.368. The van der Waals surface area contributed by atoms with Crippen LogP contribution in [-0.2, 0) is 14.3 Å². The molecule has 0 saturated heterocycles. The minimum absolute atomic E-state index is 0.250. The highest BCUT2D eigenvalue weighted by Crippen LogP contribution is 1.67. The largest absolute Gasteiger partial charge is 0.483 e. The van der Waals surface area contributed by atoms with Crippen LogP contribution in [0.25, 0.3) is 0 Å². The fraction of sp³-hybridized carbons (Fsp3) is 0.200. The van der Waals surface area contributed by atoms with Gasteiger partial charge in [0.25, 0.3) is 6.47 Å². The molecule has 0 spiro atoms. The Hall–Kier alpha value is -1.32. The number of rotatable bonds is 1. The van der Waals surface area contributed by atoms with E-state index in [1.165, 1.54) is 7.11 Å². The molecular formula is C5H8O4. The summed E-state index contributed by atoms with van der Waals surface area (Å²) < 4.78 is 4.14. The van der Waals surface area contributed by atoms with Crippen LogP contribution in [0.1, 0.15) is 0 Å². The summed E-state index contributed by atoms with van der Waals surface area (Å²) in [4.78, 5) is 18.2. The van der Waals surface area contributed by atoms with E-state index in [1.807, 2.05) is 0 Å². The first-order valence-corrected chi connectivity index (χ1v) is 2.01. The van der Waals surface area contributed by atoms with Gasteiger partial charge in [-0.3, -0.25) is 4.79 Å². The van der Waals surface area contributed by atoms with E-state index in [1.54, 1.807) is 0 Å². The molecule has 4 heteroatoms. The summed E-state index contributed by atoms with van der Waals surface area (Å²) in [5.41, 5.74) is 0. The predicted octanol–water partition coefficient (Wildman–Crippen LogP) is 0.0462.